The van der Waals surface area contributed by atoms with Crippen LogP contribution < -0.4 is 5.43 Å². The third-order valence-corrected chi connectivity index (χ3v) is 3.91. The minimum atomic E-state index is -0.870. The Labute approximate surface area is 144 Å². The molecule has 0 amide bonds. The van der Waals surface area contributed by atoms with Gasteiger partial charge in [0.05, 0.1) is 15.9 Å². The second-order valence-electron chi connectivity index (χ2n) is 6.41. The summed E-state index contributed by atoms with van der Waals surface area (Å²) in [5, 5.41) is 25.8. The van der Waals surface area contributed by atoms with Crippen molar-refractivity contribution < 1.29 is 19.4 Å². The highest BCUT2D eigenvalue weighted by molar-refractivity contribution is 5.72. The smallest absolute Gasteiger partial charge is 0.303 e. The quantitative estimate of drug-likeness (QED) is 0.344. The first kappa shape index (κ1) is 20.0. The van der Waals surface area contributed by atoms with E-state index in [1.54, 1.807) is 27.7 Å². The number of ether oxygens (including phenoxy) is 1. The molecule has 0 fully saturated rings. The van der Waals surface area contributed by atoms with Gasteiger partial charge in [0.2, 0.25) is 0 Å². The van der Waals surface area contributed by atoms with Crippen LogP contribution in [-0.2, 0) is 9.53 Å². The summed E-state index contributed by atoms with van der Waals surface area (Å²) in [5.41, 5.74) is 0.0912. The maximum Gasteiger partial charge on any atom is 0.303 e. The Balaban J connectivity index is 3.04. The number of rotatable bonds is 7. The summed E-state index contributed by atoms with van der Waals surface area (Å²) >= 11 is 0. The molecule has 10 nitrogen and oxygen atoms in total. The van der Waals surface area contributed by atoms with Crippen LogP contribution in [0.25, 0.3) is 0 Å². The van der Waals surface area contributed by atoms with Gasteiger partial charge in [0.1, 0.15) is 11.3 Å². The Morgan fingerprint density at radius 1 is 1.20 bits per heavy atom. The first-order chi connectivity index (χ1) is 11.4. The number of benzene rings is 1. The fourth-order valence-electron chi connectivity index (χ4n) is 1.79. The molecule has 1 aromatic carbocycles. The molecule has 0 saturated heterocycles. The number of nitrogens with zero attached hydrogens (tertiary/aromatic N) is 3. The lowest BCUT2D eigenvalue weighted by atomic mass is 9.78. The lowest BCUT2D eigenvalue weighted by molar-refractivity contribution is -0.393. The van der Waals surface area contributed by atoms with Gasteiger partial charge in [-0.25, -0.2) is 0 Å². The molecule has 0 spiro atoms. The van der Waals surface area contributed by atoms with Crippen LogP contribution in [0.2, 0.25) is 0 Å². The second-order valence-corrected chi connectivity index (χ2v) is 6.41. The van der Waals surface area contributed by atoms with Gasteiger partial charge >= 0.3 is 11.7 Å². The molecule has 136 valence electrons. The zero-order valence-corrected chi connectivity index (χ0v) is 14.6. The molecule has 0 radical (unpaired) electrons. The molecule has 0 bridgehead atoms. The molecule has 0 aliphatic rings. The third-order valence-electron chi connectivity index (χ3n) is 3.91. The van der Waals surface area contributed by atoms with Crippen molar-refractivity contribution in [1.29, 1.82) is 0 Å². The zero-order chi connectivity index (χ0) is 19.4. The van der Waals surface area contributed by atoms with E-state index in [0.717, 1.165) is 12.1 Å². The van der Waals surface area contributed by atoms with E-state index in [9.17, 15) is 25.0 Å². The Hall–Kier alpha value is -3.04. The number of hydrogen-bond donors (Lipinski definition) is 1. The molecule has 1 N–H and O–H groups in total. The molecule has 10 heteroatoms. The molecule has 0 aromatic heterocycles. The number of nitro benzene ring substituents is 2. The van der Waals surface area contributed by atoms with E-state index in [2.05, 4.69) is 10.5 Å². The van der Waals surface area contributed by atoms with E-state index in [1.165, 1.54) is 19.2 Å². The van der Waals surface area contributed by atoms with Gasteiger partial charge in [0, 0.05) is 24.6 Å². The normalized spacial score (nSPS) is 12.0. The number of esters is 1. The monoisotopic (exact) mass is 352 g/mol. The van der Waals surface area contributed by atoms with Crippen LogP contribution in [0.3, 0.4) is 0 Å². The summed E-state index contributed by atoms with van der Waals surface area (Å²) < 4.78 is 5.27. The topological polar surface area (TPSA) is 137 Å². The summed E-state index contributed by atoms with van der Waals surface area (Å²) in [6.07, 6.45) is 1.46. The van der Waals surface area contributed by atoms with E-state index in [4.69, 9.17) is 4.74 Å². The lowest BCUT2D eigenvalue weighted by Crippen LogP contribution is -2.44. The van der Waals surface area contributed by atoms with E-state index in [0.29, 0.717) is 0 Å². The predicted molar refractivity (Wildman–Crippen MR) is 91.5 cm³/mol. The van der Waals surface area contributed by atoms with Gasteiger partial charge in [-0.1, -0.05) is 13.8 Å². The molecule has 0 saturated carbocycles. The van der Waals surface area contributed by atoms with Crippen molar-refractivity contribution in [3.8, 4) is 0 Å². The highest BCUT2D eigenvalue weighted by Gasteiger charge is 2.39. The molecule has 0 unspecified atom stereocenters. The van der Waals surface area contributed by atoms with Crippen molar-refractivity contribution in [1.82, 2.24) is 0 Å². The van der Waals surface area contributed by atoms with Crippen LogP contribution in [0, 0.1) is 25.6 Å². The predicted octanol–water partition coefficient (Wildman–Crippen LogP) is 3.27. The third kappa shape index (κ3) is 4.96. The lowest BCUT2D eigenvalue weighted by Gasteiger charge is -2.37. The average molecular weight is 352 g/mol. The Morgan fingerprint density at radius 2 is 1.80 bits per heavy atom. The van der Waals surface area contributed by atoms with Crippen molar-refractivity contribution in [3.63, 3.8) is 0 Å². The summed E-state index contributed by atoms with van der Waals surface area (Å²) in [6.45, 7) is 8.30. The Morgan fingerprint density at radius 3 is 2.28 bits per heavy atom. The van der Waals surface area contributed by atoms with Crippen LogP contribution in [0.5, 0.6) is 0 Å². The van der Waals surface area contributed by atoms with Crippen LogP contribution in [0.15, 0.2) is 23.3 Å². The van der Waals surface area contributed by atoms with E-state index < -0.39 is 38.2 Å². The van der Waals surface area contributed by atoms with E-state index >= 15 is 0 Å². The van der Waals surface area contributed by atoms with Gasteiger partial charge in [0.25, 0.3) is 5.69 Å². The van der Waals surface area contributed by atoms with Crippen LogP contribution in [0.1, 0.15) is 34.6 Å². The Bertz CT molecular complexity index is 727. The number of carbonyl (C=O) groups is 1. The molecule has 1 rings (SSSR count). The molecule has 0 aliphatic heterocycles. The van der Waals surface area contributed by atoms with Crippen LogP contribution in [0.4, 0.5) is 17.1 Å². The molecule has 0 aliphatic carbocycles. The fraction of sp³-hybridized carbons (Fsp3) is 0.467. The van der Waals surface area contributed by atoms with Crippen LogP contribution in [-0.4, -0.2) is 27.6 Å². The summed E-state index contributed by atoms with van der Waals surface area (Å²) in [4.78, 5) is 31.5. The summed E-state index contributed by atoms with van der Waals surface area (Å²) in [6, 6.07) is 3.20. The largest absolute Gasteiger partial charge is 0.459 e. The van der Waals surface area contributed by atoms with Crippen molar-refractivity contribution in [2.75, 3.05) is 5.43 Å². The van der Waals surface area contributed by atoms with Gasteiger partial charge in [-0.05, 0) is 19.9 Å². The molecule has 0 heterocycles. The van der Waals surface area contributed by atoms with Crippen molar-refractivity contribution in [2.45, 2.75) is 40.2 Å². The second kappa shape index (κ2) is 7.24. The van der Waals surface area contributed by atoms with Crippen LogP contribution >= 0.6 is 0 Å². The highest BCUT2D eigenvalue weighted by Crippen LogP contribution is 2.33. The number of anilines is 1. The van der Waals surface area contributed by atoms with Gasteiger partial charge in [-0.15, -0.1) is 0 Å². The number of nitrogens with one attached hydrogen (secondary N) is 1. The van der Waals surface area contributed by atoms with Crippen molar-refractivity contribution >= 4 is 29.2 Å². The molecular formula is C15H20N4O6. The van der Waals surface area contributed by atoms with Crippen molar-refractivity contribution in [3.05, 3.63) is 38.4 Å². The van der Waals surface area contributed by atoms with Gasteiger partial charge in [-0.3, -0.25) is 30.4 Å². The minimum Gasteiger partial charge on any atom is -0.459 e. The van der Waals surface area contributed by atoms with Gasteiger partial charge < -0.3 is 4.74 Å². The number of hydrogen-bond acceptors (Lipinski definition) is 8. The van der Waals surface area contributed by atoms with E-state index in [-0.39, 0.29) is 5.69 Å². The first-order valence-corrected chi connectivity index (χ1v) is 7.30. The SMILES string of the molecule is CC(=O)OC(C)(C)C(C)(C)/C=N/Nc1ccc([N+](=O)[O-])cc1[N+](=O)[O-]. The minimum absolute atomic E-state index is 0.00735. The van der Waals surface area contributed by atoms with E-state index in [1.807, 2.05) is 0 Å². The van der Waals surface area contributed by atoms with Gasteiger partial charge in [-0.2, -0.15) is 5.10 Å². The molecule has 0 atom stereocenters. The van der Waals surface area contributed by atoms with Gasteiger partial charge in [0.15, 0.2) is 0 Å². The highest BCUT2D eigenvalue weighted by atomic mass is 16.6. The fourth-order valence-corrected chi connectivity index (χ4v) is 1.79. The number of carbonyl (C=O) groups excluding carboxylic acids is 1. The standard InChI is InChI=1S/C15H20N4O6/c1-10(20)25-15(4,5)14(2,3)9-16-17-12-7-6-11(18(21)22)8-13(12)19(23)24/h6-9,17H,1-5H3/b16-9+. The zero-order valence-electron chi connectivity index (χ0n) is 14.6. The summed E-state index contributed by atoms with van der Waals surface area (Å²) in [5.74, 6) is -0.439. The maximum atomic E-state index is 11.2. The number of nitro groups is 2. The summed E-state index contributed by atoms with van der Waals surface area (Å²) in [7, 11) is 0. The number of hydrazone groups is 1. The molecule has 25 heavy (non-hydrogen) atoms. The Kier molecular flexibility index (Phi) is 5.79. The molecule has 1 aromatic rings. The first-order valence-electron chi connectivity index (χ1n) is 7.30. The average Bonchev–Trinajstić information content (AvgIpc) is 2.45. The molecular weight excluding hydrogens is 332 g/mol. The maximum absolute atomic E-state index is 11.2. The van der Waals surface area contributed by atoms with Crippen molar-refractivity contribution in [2.24, 2.45) is 10.5 Å². The number of non-ortho nitro benzene ring substituents is 1.